The average Bonchev–Trinajstić information content (AvgIpc) is 2.85. The molecule has 0 saturated carbocycles. The van der Waals surface area contributed by atoms with Crippen LogP contribution in [0.3, 0.4) is 0 Å². The number of carbonyl (C=O) groups is 1. The standard InChI is InChI=1S/C24H38N2O3/c1-17(2)13-21-15-26(24(27)28)12-9-20-14-22(5-6-23(20)21)29-16-19-7-10-25(11-8-19)18(3)4/h5-6,14,17-19,21H,7-13,15-16H2,1-4H3,(H,27,28). The first-order valence-electron chi connectivity index (χ1n) is 11.3. The molecule has 1 atom stereocenters. The summed E-state index contributed by atoms with van der Waals surface area (Å²) >= 11 is 0. The number of amides is 1. The Labute approximate surface area is 176 Å². The molecule has 29 heavy (non-hydrogen) atoms. The maximum atomic E-state index is 11.6. The lowest BCUT2D eigenvalue weighted by molar-refractivity contribution is 0.119. The molecule has 0 aliphatic carbocycles. The Morgan fingerprint density at radius 3 is 2.52 bits per heavy atom. The van der Waals surface area contributed by atoms with Gasteiger partial charge in [0.2, 0.25) is 0 Å². The minimum Gasteiger partial charge on any atom is -0.493 e. The summed E-state index contributed by atoms with van der Waals surface area (Å²) in [5.41, 5.74) is 2.56. The van der Waals surface area contributed by atoms with Gasteiger partial charge in [0.15, 0.2) is 0 Å². The number of likely N-dealkylation sites (tertiary alicyclic amines) is 1. The van der Waals surface area contributed by atoms with Crippen molar-refractivity contribution < 1.29 is 14.6 Å². The fourth-order valence-corrected chi connectivity index (χ4v) is 4.79. The highest BCUT2D eigenvalue weighted by molar-refractivity contribution is 5.65. The number of hydrogen-bond acceptors (Lipinski definition) is 3. The molecule has 5 heteroatoms. The molecule has 2 aliphatic rings. The first-order valence-corrected chi connectivity index (χ1v) is 11.3. The van der Waals surface area contributed by atoms with E-state index < -0.39 is 6.09 Å². The van der Waals surface area contributed by atoms with Gasteiger partial charge in [-0.3, -0.25) is 0 Å². The van der Waals surface area contributed by atoms with Gasteiger partial charge in [-0.1, -0.05) is 19.9 Å². The third kappa shape index (κ3) is 5.88. The van der Waals surface area contributed by atoms with E-state index in [9.17, 15) is 9.90 Å². The van der Waals surface area contributed by atoms with Crippen LogP contribution in [-0.4, -0.2) is 59.8 Å². The second kappa shape index (κ2) is 9.84. The van der Waals surface area contributed by atoms with Gasteiger partial charge in [-0.2, -0.15) is 0 Å². The Kier molecular flexibility index (Phi) is 7.44. The van der Waals surface area contributed by atoms with Crippen molar-refractivity contribution in [3.05, 3.63) is 29.3 Å². The van der Waals surface area contributed by atoms with Gasteiger partial charge < -0.3 is 19.6 Å². The van der Waals surface area contributed by atoms with E-state index in [1.807, 2.05) is 0 Å². The van der Waals surface area contributed by atoms with Gasteiger partial charge in [-0.25, -0.2) is 4.79 Å². The lowest BCUT2D eigenvalue weighted by Crippen LogP contribution is -2.39. The number of piperidine rings is 1. The molecule has 1 N–H and O–H groups in total. The third-order valence-corrected chi connectivity index (χ3v) is 6.54. The number of nitrogens with zero attached hydrogens (tertiary/aromatic N) is 2. The number of rotatable bonds is 6. The summed E-state index contributed by atoms with van der Waals surface area (Å²) in [5, 5.41) is 9.53. The van der Waals surface area contributed by atoms with Crippen LogP contribution in [-0.2, 0) is 6.42 Å². The van der Waals surface area contributed by atoms with Gasteiger partial charge in [-0.15, -0.1) is 0 Å². The molecule has 2 heterocycles. The molecule has 1 aromatic carbocycles. The van der Waals surface area contributed by atoms with Crippen molar-refractivity contribution in [3.8, 4) is 5.75 Å². The smallest absolute Gasteiger partial charge is 0.407 e. The summed E-state index contributed by atoms with van der Waals surface area (Å²) in [6, 6.07) is 7.07. The highest BCUT2D eigenvalue weighted by atomic mass is 16.5. The SMILES string of the molecule is CC(C)CC1CN(C(=O)O)CCc2cc(OCC3CCN(C(C)C)CC3)ccc21. The van der Waals surface area contributed by atoms with Crippen LogP contribution in [0.25, 0.3) is 0 Å². The predicted molar refractivity (Wildman–Crippen MR) is 117 cm³/mol. The number of ether oxygens (including phenoxy) is 1. The lowest BCUT2D eigenvalue weighted by atomic mass is 9.87. The Hall–Kier alpha value is -1.75. The number of hydrogen-bond donors (Lipinski definition) is 1. The Morgan fingerprint density at radius 2 is 1.90 bits per heavy atom. The van der Waals surface area contributed by atoms with Gasteiger partial charge in [0.25, 0.3) is 0 Å². The maximum absolute atomic E-state index is 11.6. The van der Waals surface area contributed by atoms with Crippen molar-refractivity contribution >= 4 is 6.09 Å². The van der Waals surface area contributed by atoms with Crippen LogP contribution in [0.1, 0.15) is 64.0 Å². The number of benzene rings is 1. The van der Waals surface area contributed by atoms with E-state index in [0.29, 0.717) is 31.0 Å². The van der Waals surface area contributed by atoms with E-state index >= 15 is 0 Å². The minimum atomic E-state index is -0.809. The van der Waals surface area contributed by atoms with Crippen LogP contribution in [0.5, 0.6) is 5.75 Å². The molecule has 1 amide bonds. The van der Waals surface area contributed by atoms with E-state index in [0.717, 1.165) is 38.3 Å². The van der Waals surface area contributed by atoms with Crippen LogP contribution >= 0.6 is 0 Å². The lowest BCUT2D eigenvalue weighted by Gasteiger charge is -2.34. The van der Waals surface area contributed by atoms with Crippen molar-refractivity contribution in [3.63, 3.8) is 0 Å². The van der Waals surface area contributed by atoms with Gasteiger partial charge in [0.1, 0.15) is 5.75 Å². The molecule has 1 aromatic rings. The van der Waals surface area contributed by atoms with Crippen molar-refractivity contribution in [1.82, 2.24) is 9.80 Å². The van der Waals surface area contributed by atoms with Crippen LogP contribution in [0, 0.1) is 11.8 Å². The normalized spacial score (nSPS) is 21.3. The highest BCUT2D eigenvalue weighted by Crippen LogP contribution is 2.33. The summed E-state index contributed by atoms with van der Waals surface area (Å²) < 4.78 is 6.19. The van der Waals surface area contributed by atoms with Crippen LogP contribution in [0.15, 0.2) is 18.2 Å². The predicted octanol–water partition coefficient (Wildman–Crippen LogP) is 4.85. The molecule has 1 fully saturated rings. The van der Waals surface area contributed by atoms with Crippen LogP contribution in [0.2, 0.25) is 0 Å². The first-order chi connectivity index (χ1) is 13.8. The quantitative estimate of drug-likeness (QED) is 0.739. The first kappa shape index (κ1) is 21.9. The van der Waals surface area contributed by atoms with E-state index in [1.165, 1.54) is 24.0 Å². The topological polar surface area (TPSA) is 53.0 Å². The molecule has 3 rings (SSSR count). The molecule has 0 bridgehead atoms. The van der Waals surface area contributed by atoms with Crippen molar-refractivity contribution in [2.24, 2.45) is 11.8 Å². The molecule has 162 valence electrons. The summed E-state index contributed by atoms with van der Waals surface area (Å²) in [6.45, 7) is 13.2. The molecule has 1 saturated heterocycles. The molecular weight excluding hydrogens is 364 g/mol. The van der Waals surface area contributed by atoms with Gasteiger partial charge in [0, 0.05) is 25.0 Å². The van der Waals surface area contributed by atoms with E-state index in [4.69, 9.17) is 4.74 Å². The Morgan fingerprint density at radius 1 is 1.17 bits per heavy atom. The maximum Gasteiger partial charge on any atom is 0.407 e. The molecule has 5 nitrogen and oxygen atoms in total. The minimum absolute atomic E-state index is 0.262. The highest BCUT2D eigenvalue weighted by Gasteiger charge is 2.27. The third-order valence-electron chi connectivity index (χ3n) is 6.54. The van der Waals surface area contributed by atoms with Gasteiger partial charge in [0.05, 0.1) is 6.61 Å². The summed E-state index contributed by atoms with van der Waals surface area (Å²) in [7, 11) is 0. The van der Waals surface area contributed by atoms with E-state index in [1.54, 1.807) is 4.90 Å². The summed E-state index contributed by atoms with van der Waals surface area (Å²) in [6.07, 6.45) is 3.36. The molecule has 0 spiro atoms. The molecule has 1 unspecified atom stereocenters. The zero-order valence-electron chi connectivity index (χ0n) is 18.6. The zero-order valence-corrected chi connectivity index (χ0v) is 18.6. The monoisotopic (exact) mass is 402 g/mol. The van der Waals surface area contributed by atoms with Gasteiger partial charge >= 0.3 is 6.09 Å². The zero-order chi connectivity index (χ0) is 21.0. The van der Waals surface area contributed by atoms with Crippen LogP contribution in [0.4, 0.5) is 4.79 Å². The summed E-state index contributed by atoms with van der Waals surface area (Å²) in [4.78, 5) is 15.7. The van der Waals surface area contributed by atoms with Crippen LogP contribution < -0.4 is 4.74 Å². The average molecular weight is 403 g/mol. The van der Waals surface area contributed by atoms with E-state index in [-0.39, 0.29) is 5.92 Å². The van der Waals surface area contributed by atoms with Crippen molar-refractivity contribution in [2.45, 2.75) is 65.3 Å². The van der Waals surface area contributed by atoms with Crippen molar-refractivity contribution in [1.29, 1.82) is 0 Å². The Bertz CT molecular complexity index is 681. The largest absolute Gasteiger partial charge is 0.493 e. The fraction of sp³-hybridized carbons (Fsp3) is 0.708. The molecule has 2 aliphatic heterocycles. The number of fused-ring (bicyclic) bond motifs is 1. The van der Waals surface area contributed by atoms with E-state index in [2.05, 4.69) is 50.8 Å². The second-order valence-corrected chi connectivity index (χ2v) is 9.55. The molecule has 0 radical (unpaired) electrons. The molecular formula is C24H38N2O3. The summed E-state index contributed by atoms with van der Waals surface area (Å²) in [5.74, 6) is 2.36. The molecule has 0 aromatic heterocycles. The van der Waals surface area contributed by atoms with Gasteiger partial charge in [-0.05, 0) is 87.7 Å². The fourth-order valence-electron chi connectivity index (χ4n) is 4.79. The van der Waals surface area contributed by atoms with Crippen molar-refractivity contribution in [2.75, 3.05) is 32.8 Å². The second-order valence-electron chi connectivity index (χ2n) is 9.55. The Balaban J connectivity index is 1.64. The number of carboxylic acid groups (broad SMARTS) is 1.